The zero-order chi connectivity index (χ0) is 7.33. The van der Waals surface area contributed by atoms with E-state index in [-0.39, 0.29) is 11.2 Å². The summed E-state index contributed by atoms with van der Waals surface area (Å²) >= 11 is 10.3. The van der Waals surface area contributed by atoms with Crippen LogP contribution in [0.5, 0.6) is 0 Å². The second-order valence-electron chi connectivity index (χ2n) is 1.28. The largest absolute Gasteiger partial charge is 0.295 e. The highest BCUT2D eigenvalue weighted by molar-refractivity contribution is 7.65. The SMILES string of the molecule is O=C=NP(=O)(CCl)CCl. The summed E-state index contributed by atoms with van der Waals surface area (Å²) in [7, 11) is -2.95. The van der Waals surface area contributed by atoms with Crippen LogP contribution in [0.4, 0.5) is 0 Å². The van der Waals surface area contributed by atoms with E-state index in [2.05, 4.69) is 4.76 Å². The van der Waals surface area contributed by atoms with E-state index in [9.17, 15) is 9.36 Å². The van der Waals surface area contributed by atoms with Gasteiger partial charge in [-0.3, -0.25) is 4.57 Å². The van der Waals surface area contributed by atoms with Crippen LogP contribution >= 0.6 is 30.5 Å². The van der Waals surface area contributed by atoms with Crippen molar-refractivity contribution in [2.75, 3.05) is 11.2 Å². The number of hydrogen-bond acceptors (Lipinski definition) is 2. The van der Waals surface area contributed by atoms with Crippen LogP contribution in [0.15, 0.2) is 4.76 Å². The van der Waals surface area contributed by atoms with Gasteiger partial charge in [0.1, 0.15) is 0 Å². The molecule has 0 fully saturated rings. The van der Waals surface area contributed by atoms with Crippen molar-refractivity contribution in [2.45, 2.75) is 0 Å². The maximum Gasteiger partial charge on any atom is 0.241 e. The van der Waals surface area contributed by atoms with Crippen molar-refractivity contribution in [3.8, 4) is 0 Å². The lowest BCUT2D eigenvalue weighted by molar-refractivity contribution is 0.562. The zero-order valence-electron chi connectivity index (χ0n) is 4.38. The van der Waals surface area contributed by atoms with E-state index in [1.807, 2.05) is 0 Å². The van der Waals surface area contributed by atoms with E-state index >= 15 is 0 Å². The predicted octanol–water partition coefficient (Wildman–Crippen LogP) is 1.99. The zero-order valence-corrected chi connectivity index (χ0v) is 6.79. The van der Waals surface area contributed by atoms with Gasteiger partial charge in [-0.1, -0.05) is 0 Å². The summed E-state index contributed by atoms with van der Waals surface area (Å²) in [6.07, 6.45) is 1.15. The maximum absolute atomic E-state index is 10.9. The van der Waals surface area contributed by atoms with E-state index in [0.717, 1.165) is 6.08 Å². The second-order valence-corrected chi connectivity index (χ2v) is 5.08. The van der Waals surface area contributed by atoms with E-state index in [0.29, 0.717) is 0 Å². The molecule has 0 heterocycles. The van der Waals surface area contributed by atoms with Gasteiger partial charge in [-0.15, -0.1) is 28.0 Å². The molecule has 0 radical (unpaired) electrons. The van der Waals surface area contributed by atoms with Crippen molar-refractivity contribution in [3.63, 3.8) is 0 Å². The average molecular weight is 188 g/mol. The highest BCUT2D eigenvalue weighted by atomic mass is 35.5. The van der Waals surface area contributed by atoms with Crippen molar-refractivity contribution < 1.29 is 9.36 Å². The van der Waals surface area contributed by atoms with E-state index in [1.54, 1.807) is 0 Å². The minimum absolute atomic E-state index is 0.203. The minimum atomic E-state index is -2.95. The highest BCUT2D eigenvalue weighted by Crippen LogP contribution is 2.48. The van der Waals surface area contributed by atoms with Crippen LogP contribution in [-0.4, -0.2) is 17.3 Å². The molecule has 0 saturated heterocycles. The molecule has 0 atom stereocenters. The van der Waals surface area contributed by atoms with Gasteiger partial charge in [0, 0.05) is 0 Å². The molecule has 6 heteroatoms. The molecular weight excluding hydrogens is 184 g/mol. The lowest BCUT2D eigenvalue weighted by Crippen LogP contribution is -1.78. The molecule has 0 spiro atoms. The van der Waals surface area contributed by atoms with Gasteiger partial charge in [0.15, 0.2) is 0 Å². The van der Waals surface area contributed by atoms with Gasteiger partial charge in [-0.2, -0.15) is 0 Å². The second kappa shape index (κ2) is 4.08. The first kappa shape index (κ1) is 9.19. The molecule has 3 nitrogen and oxygen atoms in total. The lowest BCUT2D eigenvalue weighted by Gasteiger charge is -1.99. The molecule has 0 unspecified atom stereocenters. The Morgan fingerprint density at radius 2 is 1.89 bits per heavy atom. The summed E-state index contributed by atoms with van der Waals surface area (Å²) in [4.78, 5) is 9.56. The number of rotatable bonds is 3. The summed E-state index contributed by atoms with van der Waals surface area (Å²) in [5.41, 5.74) is -0.405. The normalized spacial score (nSPS) is 10.4. The number of hydrogen-bond donors (Lipinski definition) is 0. The fourth-order valence-corrected chi connectivity index (χ4v) is 1.57. The molecule has 0 aliphatic carbocycles. The van der Waals surface area contributed by atoms with E-state index in [1.165, 1.54) is 0 Å². The fraction of sp³-hybridized carbons (Fsp3) is 0.667. The molecule has 0 aromatic carbocycles. The minimum Gasteiger partial charge on any atom is -0.295 e. The smallest absolute Gasteiger partial charge is 0.241 e. The van der Waals surface area contributed by atoms with Crippen LogP contribution < -0.4 is 0 Å². The Labute approximate surface area is 62.5 Å². The van der Waals surface area contributed by atoms with Gasteiger partial charge in [0.2, 0.25) is 13.4 Å². The van der Waals surface area contributed by atoms with E-state index < -0.39 is 7.29 Å². The summed E-state index contributed by atoms with van der Waals surface area (Å²) in [5.74, 6) is 0. The Bertz CT molecular complexity index is 169. The van der Waals surface area contributed by atoms with Crippen molar-refractivity contribution in [1.82, 2.24) is 0 Å². The van der Waals surface area contributed by atoms with Crippen LogP contribution in [0, 0.1) is 0 Å². The third kappa shape index (κ3) is 3.02. The molecule has 0 N–H and O–H groups in total. The lowest BCUT2D eigenvalue weighted by atomic mass is 11.7. The molecule has 0 rings (SSSR count). The molecule has 0 aliphatic heterocycles. The van der Waals surface area contributed by atoms with Gasteiger partial charge >= 0.3 is 0 Å². The standard InChI is InChI=1S/C3H4Cl2NO2P/c4-1-9(8,2-5)6-3-7/h1-2H2. The molecule has 0 aromatic heterocycles. The Kier molecular flexibility index (Phi) is 4.16. The molecule has 52 valence electrons. The Morgan fingerprint density at radius 3 is 2.00 bits per heavy atom. The van der Waals surface area contributed by atoms with Crippen molar-refractivity contribution in [1.29, 1.82) is 0 Å². The van der Waals surface area contributed by atoms with Crippen LogP contribution in [0.3, 0.4) is 0 Å². The molecule has 0 saturated carbocycles. The Balaban J connectivity index is 4.28. The molecule has 0 aromatic rings. The monoisotopic (exact) mass is 187 g/mol. The summed E-state index contributed by atoms with van der Waals surface area (Å²) in [6, 6.07) is 0. The van der Waals surface area contributed by atoms with Crippen molar-refractivity contribution in [3.05, 3.63) is 0 Å². The highest BCUT2D eigenvalue weighted by Gasteiger charge is 2.16. The van der Waals surface area contributed by atoms with Gasteiger partial charge in [-0.05, 0) is 0 Å². The van der Waals surface area contributed by atoms with Gasteiger partial charge < -0.3 is 0 Å². The van der Waals surface area contributed by atoms with Crippen LogP contribution in [0.1, 0.15) is 0 Å². The molecule has 0 bridgehead atoms. The van der Waals surface area contributed by atoms with Crippen LogP contribution in [0.25, 0.3) is 0 Å². The first-order chi connectivity index (χ1) is 4.18. The van der Waals surface area contributed by atoms with Gasteiger partial charge in [0.25, 0.3) is 0 Å². The number of alkyl halides is 2. The maximum atomic E-state index is 10.9. The molecular formula is C3H4Cl2NO2P. The van der Waals surface area contributed by atoms with Crippen LogP contribution in [-0.2, 0) is 9.36 Å². The first-order valence-corrected chi connectivity index (χ1v) is 5.08. The molecule has 9 heavy (non-hydrogen) atoms. The van der Waals surface area contributed by atoms with Crippen molar-refractivity contribution >= 4 is 36.6 Å². The quantitative estimate of drug-likeness (QED) is 0.294. The van der Waals surface area contributed by atoms with E-state index in [4.69, 9.17) is 23.2 Å². The van der Waals surface area contributed by atoms with Gasteiger partial charge in [-0.25, -0.2) is 4.79 Å². The predicted molar refractivity (Wildman–Crippen MR) is 37.2 cm³/mol. The molecule has 0 aliphatic rings. The van der Waals surface area contributed by atoms with Crippen LogP contribution in [0.2, 0.25) is 0 Å². The number of nitrogens with zero attached hydrogens (tertiary/aromatic N) is 1. The average Bonchev–Trinajstić information content (AvgIpc) is 1.89. The Hall–Kier alpha value is 0.190. The number of isocyanates is 1. The number of carbonyl (C=O) groups excluding carboxylic acids is 1. The third-order valence-electron chi connectivity index (χ3n) is 0.597. The van der Waals surface area contributed by atoms with Crippen molar-refractivity contribution in [2.24, 2.45) is 4.76 Å². The fourth-order valence-electron chi connectivity index (χ4n) is 0.160. The first-order valence-electron chi connectivity index (χ1n) is 1.98. The summed E-state index contributed by atoms with van der Waals surface area (Å²) in [6.45, 7) is 0. The topological polar surface area (TPSA) is 46.5 Å². The number of halogens is 2. The molecule has 0 amide bonds. The third-order valence-corrected chi connectivity index (χ3v) is 4.03. The van der Waals surface area contributed by atoms with Gasteiger partial charge in [0.05, 0.1) is 11.2 Å². The summed E-state index contributed by atoms with van der Waals surface area (Å²) in [5, 5.41) is 0. The summed E-state index contributed by atoms with van der Waals surface area (Å²) < 4.78 is 13.8. The Morgan fingerprint density at radius 1 is 1.44 bits per heavy atom.